The van der Waals surface area contributed by atoms with Gasteiger partial charge in [0.1, 0.15) is 6.04 Å². The number of esters is 1. The highest BCUT2D eigenvalue weighted by Crippen LogP contribution is 2.21. The lowest BCUT2D eigenvalue weighted by atomic mass is 10.2. The van der Waals surface area contributed by atoms with Crippen molar-refractivity contribution in [2.24, 2.45) is 0 Å². The molecule has 0 saturated heterocycles. The Morgan fingerprint density at radius 1 is 1.38 bits per heavy atom. The normalized spacial score (nSPS) is 11.4. The molecule has 1 aromatic rings. The molecule has 8 heteroatoms. The van der Waals surface area contributed by atoms with Gasteiger partial charge < -0.3 is 20.5 Å². The molecule has 1 rings (SSSR count). The van der Waals surface area contributed by atoms with Gasteiger partial charge in [-0.2, -0.15) is 0 Å². The molecule has 1 atom stereocenters. The number of carboxylic acids is 1. The number of nitrogens with one attached hydrogen (secondary N) is 2. The molecule has 0 aliphatic rings. The first kappa shape index (κ1) is 16.8. The molecule has 21 heavy (non-hydrogen) atoms. The van der Waals surface area contributed by atoms with Gasteiger partial charge in [0.25, 0.3) is 0 Å². The van der Waals surface area contributed by atoms with Gasteiger partial charge in [0.05, 0.1) is 17.9 Å². The summed E-state index contributed by atoms with van der Waals surface area (Å²) >= 11 is 5.76. The van der Waals surface area contributed by atoms with E-state index in [0.717, 1.165) is 0 Å². The third-order valence-corrected chi connectivity index (χ3v) is 2.68. The van der Waals surface area contributed by atoms with Crippen LogP contribution in [0, 0.1) is 0 Å². The number of urea groups is 1. The zero-order chi connectivity index (χ0) is 16.0. The minimum Gasteiger partial charge on any atom is -0.478 e. The van der Waals surface area contributed by atoms with Crippen molar-refractivity contribution in [2.45, 2.75) is 19.9 Å². The number of carbonyl (C=O) groups is 3. The van der Waals surface area contributed by atoms with Gasteiger partial charge in [0, 0.05) is 5.02 Å². The zero-order valence-electron chi connectivity index (χ0n) is 11.5. The zero-order valence-corrected chi connectivity index (χ0v) is 12.2. The smallest absolute Gasteiger partial charge is 0.337 e. The van der Waals surface area contributed by atoms with E-state index in [1.165, 1.54) is 25.1 Å². The molecule has 2 amide bonds. The summed E-state index contributed by atoms with van der Waals surface area (Å²) in [6, 6.07) is 2.38. The predicted molar refractivity (Wildman–Crippen MR) is 76.7 cm³/mol. The maximum absolute atomic E-state index is 11.8. The van der Waals surface area contributed by atoms with Gasteiger partial charge in [-0.25, -0.2) is 14.4 Å². The molecule has 0 bridgehead atoms. The molecular weight excluding hydrogens is 300 g/mol. The first-order valence-electron chi connectivity index (χ1n) is 6.12. The molecule has 0 aromatic heterocycles. The summed E-state index contributed by atoms with van der Waals surface area (Å²) in [5.74, 6) is -1.79. The second-order valence-electron chi connectivity index (χ2n) is 4.07. The summed E-state index contributed by atoms with van der Waals surface area (Å²) in [6.45, 7) is 3.30. The van der Waals surface area contributed by atoms with E-state index in [2.05, 4.69) is 10.6 Å². The summed E-state index contributed by atoms with van der Waals surface area (Å²) in [5, 5.41) is 14.0. The van der Waals surface area contributed by atoms with Crippen LogP contribution in [0.15, 0.2) is 18.2 Å². The Balaban J connectivity index is 2.77. The number of hydrogen-bond donors (Lipinski definition) is 3. The van der Waals surface area contributed by atoms with Crippen LogP contribution in [-0.4, -0.2) is 35.7 Å². The van der Waals surface area contributed by atoms with Crippen LogP contribution in [0.3, 0.4) is 0 Å². The van der Waals surface area contributed by atoms with Crippen LogP contribution in [0.5, 0.6) is 0 Å². The lowest BCUT2D eigenvalue weighted by Crippen LogP contribution is -2.42. The quantitative estimate of drug-likeness (QED) is 0.722. The van der Waals surface area contributed by atoms with Gasteiger partial charge in [-0.05, 0) is 32.0 Å². The predicted octanol–water partition coefficient (Wildman–Crippen LogP) is 2.11. The van der Waals surface area contributed by atoms with Gasteiger partial charge in [-0.3, -0.25) is 0 Å². The van der Waals surface area contributed by atoms with E-state index in [9.17, 15) is 14.4 Å². The van der Waals surface area contributed by atoms with E-state index in [0.29, 0.717) is 0 Å². The molecule has 0 spiro atoms. The lowest BCUT2D eigenvalue weighted by Gasteiger charge is -2.14. The summed E-state index contributed by atoms with van der Waals surface area (Å²) in [6.07, 6.45) is 0. The standard InChI is InChI=1S/C13H15ClN2O5/c1-3-21-12(19)7(2)15-13(20)16-10-6-8(14)4-5-9(10)11(17)18/h4-7H,3H2,1-2H3,(H,17,18)(H2,15,16,20). The number of rotatable bonds is 5. The molecule has 0 aliphatic heterocycles. The van der Waals surface area contributed by atoms with E-state index in [1.807, 2.05) is 0 Å². The van der Waals surface area contributed by atoms with Crippen LogP contribution in [-0.2, 0) is 9.53 Å². The molecular formula is C13H15ClN2O5. The number of benzene rings is 1. The van der Waals surface area contributed by atoms with E-state index < -0.39 is 24.0 Å². The number of amides is 2. The van der Waals surface area contributed by atoms with Crippen molar-refractivity contribution in [1.82, 2.24) is 5.32 Å². The molecule has 0 radical (unpaired) electrons. The van der Waals surface area contributed by atoms with Crippen molar-refractivity contribution in [3.8, 4) is 0 Å². The highest BCUT2D eigenvalue weighted by Gasteiger charge is 2.18. The average Bonchev–Trinajstić information content (AvgIpc) is 2.38. The Morgan fingerprint density at radius 3 is 2.62 bits per heavy atom. The van der Waals surface area contributed by atoms with Crippen molar-refractivity contribution < 1.29 is 24.2 Å². The minimum atomic E-state index is -1.21. The molecule has 0 aliphatic carbocycles. The number of halogens is 1. The summed E-state index contributed by atoms with van der Waals surface area (Å²) < 4.78 is 4.74. The number of hydrogen-bond acceptors (Lipinski definition) is 4. The van der Waals surface area contributed by atoms with Gasteiger partial charge in [0.2, 0.25) is 0 Å². The van der Waals surface area contributed by atoms with Crippen molar-refractivity contribution in [2.75, 3.05) is 11.9 Å². The van der Waals surface area contributed by atoms with Gasteiger partial charge in [0.15, 0.2) is 0 Å². The maximum atomic E-state index is 11.8. The van der Waals surface area contributed by atoms with Crippen LogP contribution in [0.2, 0.25) is 5.02 Å². The van der Waals surface area contributed by atoms with Crippen LogP contribution in [0.1, 0.15) is 24.2 Å². The summed E-state index contributed by atoms with van der Waals surface area (Å²) in [4.78, 5) is 34.2. The first-order valence-corrected chi connectivity index (χ1v) is 6.50. The Labute approximate surface area is 126 Å². The SMILES string of the molecule is CCOC(=O)C(C)NC(=O)Nc1cc(Cl)ccc1C(=O)O. The van der Waals surface area contributed by atoms with Gasteiger partial charge >= 0.3 is 18.0 Å². The number of ether oxygens (including phenoxy) is 1. The lowest BCUT2D eigenvalue weighted by molar-refractivity contribution is -0.144. The van der Waals surface area contributed by atoms with Gasteiger partial charge in [-0.15, -0.1) is 0 Å². The molecule has 1 aromatic carbocycles. The number of carboxylic acid groups (broad SMARTS) is 1. The monoisotopic (exact) mass is 314 g/mol. The topological polar surface area (TPSA) is 105 Å². The van der Waals surface area contributed by atoms with Crippen molar-refractivity contribution in [1.29, 1.82) is 0 Å². The average molecular weight is 315 g/mol. The number of aromatic carboxylic acids is 1. The Kier molecular flexibility index (Phi) is 5.98. The Morgan fingerprint density at radius 2 is 2.05 bits per heavy atom. The van der Waals surface area contributed by atoms with Crippen molar-refractivity contribution in [3.63, 3.8) is 0 Å². The van der Waals surface area contributed by atoms with Crippen molar-refractivity contribution >= 4 is 35.3 Å². The third-order valence-electron chi connectivity index (χ3n) is 2.45. The molecule has 0 heterocycles. The third kappa shape index (κ3) is 4.96. The molecule has 0 fully saturated rings. The maximum Gasteiger partial charge on any atom is 0.337 e. The summed E-state index contributed by atoms with van der Waals surface area (Å²) in [7, 11) is 0. The highest BCUT2D eigenvalue weighted by molar-refractivity contribution is 6.31. The van der Waals surface area contributed by atoms with E-state index in [4.69, 9.17) is 21.4 Å². The molecule has 0 saturated carbocycles. The molecule has 3 N–H and O–H groups in total. The van der Waals surface area contributed by atoms with Crippen LogP contribution >= 0.6 is 11.6 Å². The molecule has 1 unspecified atom stereocenters. The fraction of sp³-hybridized carbons (Fsp3) is 0.308. The van der Waals surface area contributed by atoms with Crippen LogP contribution in [0.25, 0.3) is 0 Å². The van der Waals surface area contributed by atoms with E-state index in [1.54, 1.807) is 6.92 Å². The Hall–Kier alpha value is -2.28. The van der Waals surface area contributed by atoms with Crippen LogP contribution in [0.4, 0.5) is 10.5 Å². The largest absolute Gasteiger partial charge is 0.478 e. The van der Waals surface area contributed by atoms with Crippen molar-refractivity contribution in [3.05, 3.63) is 28.8 Å². The molecule has 114 valence electrons. The minimum absolute atomic E-state index is 0.0311. The summed E-state index contributed by atoms with van der Waals surface area (Å²) in [5.41, 5.74) is -0.0816. The first-order chi connectivity index (χ1) is 9.85. The fourth-order valence-corrected chi connectivity index (χ4v) is 1.66. The van der Waals surface area contributed by atoms with E-state index >= 15 is 0 Å². The fourth-order valence-electron chi connectivity index (χ4n) is 1.49. The van der Waals surface area contributed by atoms with Gasteiger partial charge in [-0.1, -0.05) is 11.6 Å². The second-order valence-corrected chi connectivity index (χ2v) is 4.50. The van der Waals surface area contributed by atoms with Crippen LogP contribution < -0.4 is 10.6 Å². The van der Waals surface area contributed by atoms with E-state index in [-0.39, 0.29) is 22.9 Å². The Bertz CT molecular complexity index is 561. The highest BCUT2D eigenvalue weighted by atomic mass is 35.5. The second kappa shape index (κ2) is 7.49. The number of carbonyl (C=O) groups excluding carboxylic acids is 2. The molecule has 7 nitrogen and oxygen atoms in total. The number of anilines is 1.